The molecule has 17 heavy (non-hydrogen) atoms. The fourth-order valence-electron chi connectivity index (χ4n) is 2.82. The van der Waals surface area contributed by atoms with Gasteiger partial charge in [0.05, 0.1) is 5.54 Å². The van der Waals surface area contributed by atoms with Crippen molar-refractivity contribution in [2.75, 3.05) is 7.05 Å². The van der Waals surface area contributed by atoms with E-state index < -0.39 is 0 Å². The molecule has 96 valence electrons. The second-order valence-electron chi connectivity index (χ2n) is 6.14. The largest absolute Gasteiger partial charge is 0.308 e. The minimum atomic E-state index is 0.132. The molecule has 1 saturated carbocycles. The average molecular weight is 252 g/mol. The third-order valence-electron chi connectivity index (χ3n) is 4.19. The molecule has 0 spiro atoms. The van der Waals surface area contributed by atoms with Crippen molar-refractivity contribution in [1.82, 2.24) is 10.3 Å². The zero-order chi connectivity index (χ0) is 12.5. The SMILES string of the molecule is CNC1(c2nc(C)cs2)CCCC(C)(C)CC1. The normalized spacial score (nSPS) is 28.9. The van der Waals surface area contributed by atoms with Crippen LogP contribution in [0.4, 0.5) is 0 Å². The summed E-state index contributed by atoms with van der Waals surface area (Å²) in [5, 5.41) is 7.03. The first-order valence-corrected chi connectivity index (χ1v) is 7.47. The van der Waals surface area contributed by atoms with E-state index in [4.69, 9.17) is 4.98 Å². The van der Waals surface area contributed by atoms with Crippen LogP contribution >= 0.6 is 11.3 Å². The van der Waals surface area contributed by atoms with Gasteiger partial charge in [-0.1, -0.05) is 20.3 Å². The maximum atomic E-state index is 4.72. The first kappa shape index (κ1) is 13.0. The molecule has 1 atom stereocenters. The predicted molar refractivity (Wildman–Crippen MR) is 74.5 cm³/mol. The first-order chi connectivity index (χ1) is 7.97. The van der Waals surface area contributed by atoms with Crippen LogP contribution in [0.2, 0.25) is 0 Å². The number of nitrogens with zero attached hydrogens (tertiary/aromatic N) is 1. The Morgan fingerprint density at radius 2 is 2.00 bits per heavy atom. The van der Waals surface area contributed by atoms with Gasteiger partial charge in [0.15, 0.2) is 0 Å². The lowest BCUT2D eigenvalue weighted by Crippen LogP contribution is -2.39. The summed E-state index contributed by atoms with van der Waals surface area (Å²) in [6.07, 6.45) is 6.35. The molecule has 0 radical (unpaired) electrons. The third-order valence-corrected chi connectivity index (χ3v) is 5.36. The maximum Gasteiger partial charge on any atom is 0.113 e. The van der Waals surface area contributed by atoms with Crippen LogP contribution in [0.5, 0.6) is 0 Å². The molecular weight excluding hydrogens is 228 g/mol. The number of thiazole rings is 1. The highest BCUT2D eigenvalue weighted by Gasteiger charge is 2.37. The van der Waals surface area contributed by atoms with Crippen LogP contribution in [0, 0.1) is 12.3 Å². The third kappa shape index (κ3) is 2.71. The molecule has 0 amide bonds. The summed E-state index contributed by atoms with van der Waals surface area (Å²) in [5.74, 6) is 0. The van der Waals surface area contributed by atoms with Gasteiger partial charge in [-0.2, -0.15) is 0 Å². The molecule has 1 N–H and O–H groups in total. The van der Waals surface area contributed by atoms with Crippen molar-refractivity contribution in [2.45, 2.75) is 58.4 Å². The van der Waals surface area contributed by atoms with Gasteiger partial charge in [0.2, 0.25) is 0 Å². The number of aromatic nitrogens is 1. The van der Waals surface area contributed by atoms with Crippen molar-refractivity contribution in [3.05, 3.63) is 16.1 Å². The summed E-state index contributed by atoms with van der Waals surface area (Å²) in [4.78, 5) is 4.72. The Morgan fingerprint density at radius 1 is 1.24 bits per heavy atom. The Kier molecular flexibility index (Phi) is 3.60. The molecule has 1 fully saturated rings. The minimum Gasteiger partial charge on any atom is -0.308 e. The van der Waals surface area contributed by atoms with Crippen molar-refractivity contribution < 1.29 is 0 Å². The zero-order valence-electron chi connectivity index (χ0n) is 11.5. The summed E-state index contributed by atoms with van der Waals surface area (Å²) in [6.45, 7) is 6.88. The van der Waals surface area contributed by atoms with Gasteiger partial charge >= 0.3 is 0 Å². The lowest BCUT2D eigenvalue weighted by molar-refractivity contribution is 0.276. The summed E-state index contributed by atoms with van der Waals surface area (Å²) in [7, 11) is 2.09. The predicted octanol–water partition coefficient (Wildman–Crippen LogP) is 3.86. The van der Waals surface area contributed by atoms with Crippen LogP contribution < -0.4 is 5.32 Å². The van der Waals surface area contributed by atoms with E-state index in [-0.39, 0.29) is 5.54 Å². The van der Waals surface area contributed by atoms with E-state index in [1.807, 2.05) is 11.3 Å². The number of hydrogen-bond donors (Lipinski definition) is 1. The summed E-state index contributed by atoms with van der Waals surface area (Å²) >= 11 is 1.82. The van der Waals surface area contributed by atoms with Crippen LogP contribution in [-0.2, 0) is 5.54 Å². The van der Waals surface area contributed by atoms with E-state index in [2.05, 4.69) is 38.5 Å². The highest BCUT2D eigenvalue weighted by molar-refractivity contribution is 7.09. The summed E-state index contributed by atoms with van der Waals surface area (Å²) < 4.78 is 0. The molecule has 0 saturated heterocycles. The van der Waals surface area contributed by atoms with E-state index in [1.165, 1.54) is 37.1 Å². The van der Waals surface area contributed by atoms with Crippen molar-refractivity contribution in [3.63, 3.8) is 0 Å². The van der Waals surface area contributed by atoms with E-state index in [0.29, 0.717) is 5.41 Å². The van der Waals surface area contributed by atoms with Crippen LogP contribution in [-0.4, -0.2) is 12.0 Å². The Balaban J connectivity index is 2.25. The van der Waals surface area contributed by atoms with Crippen LogP contribution in [0.15, 0.2) is 5.38 Å². The molecular formula is C14H24N2S. The highest BCUT2D eigenvalue weighted by atomic mass is 32.1. The molecule has 1 heterocycles. The van der Waals surface area contributed by atoms with Gasteiger partial charge in [-0.05, 0) is 45.1 Å². The van der Waals surface area contributed by atoms with Gasteiger partial charge < -0.3 is 5.32 Å². The van der Waals surface area contributed by atoms with Gasteiger partial charge in [-0.3, -0.25) is 0 Å². The number of nitrogens with one attached hydrogen (secondary N) is 1. The first-order valence-electron chi connectivity index (χ1n) is 6.59. The Morgan fingerprint density at radius 3 is 2.59 bits per heavy atom. The quantitative estimate of drug-likeness (QED) is 0.809. The maximum absolute atomic E-state index is 4.72. The smallest absolute Gasteiger partial charge is 0.113 e. The minimum absolute atomic E-state index is 0.132. The fourth-order valence-corrected chi connectivity index (χ4v) is 3.88. The van der Waals surface area contributed by atoms with E-state index in [0.717, 1.165) is 5.69 Å². The van der Waals surface area contributed by atoms with E-state index in [1.54, 1.807) is 0 Å². The molecule has 1 aliphatic rings. The standard InChI is InChI=1S/C14H24N2S/c1-11-10-17-12(16-11)14(15-4)7-5-6-13(2,3)8-9-14/h10,15H,5-9H2,1-4H3. The van der Waals surface area contributed by atoms with Crippen molar-refractivity contribution in [2.24, 2.45) is 5.41 Å². The number of aryl methyl sites for hydroxylation is 1. The zero-order valence-corrected chi connectivity index (χ0v) is 12.3. The topological polar surface area (TPSA) is 24.9 Å². The number of hydrogen-bond acceptors (Lipinski definition) is 3. The second-order valence-corrected chi connectivity index (χ2v) is 7.00. The van der Waals surface area contributed by atoms with Crippen LogP contribution in [0.25, 0.3) is 0 Å². The molecule has 0 aromatic carbocycles. The van der Waals surface area contributed by atoms with Crippen molar-refractivity contribution in [1.29, 1.82) is 0 Å². The molecule has 0 bridgehead atoms. The molecule has 2 rings (SSSR count). The van der Waals surface area contributed by atoms with Gasteiger partial charge in [0.1, 0.15) is 5.01 Å². The second kappa shape index (κ2) is 4.69. The lowest BCUT2D eigenvalue weighted by atomic mass is 9.83. The molecule has 1 aromatic heterocycles. The van der Waals surface area contributed by atoms with Gasteiger partial charge in [-0.25, -0.2) is 4.98 Å². The molecule has 1 aromatic rings. The van der Waals surface area contributed by atoms with Crippen LogP contribution in [0.3, 0.4) is 0 Å². The molecule has 3 heteroatoms. The van der Waals surface area contributed by atoms with Crippen LogP contribution in [0.1, 0.15) is 56.7 Å². The molecule has 0 aliphatic heterocycles. The highest BCUT2D eigenvalue weighted by Crippen LogP contribution is 2.43. The van der Waals surface area contributed by atoms with Gasteiger partial charge in [-0.15, -0.1) is 11.3 Å². The van der Waals surface area contributed by atoms with Crippen molar-refractivity contribution >= 4 is 11.3 Å². The Labute approximate surface area is 109 Å². The lowest BCUT2D eigenvalue weighted by Gasteiger charge is -2.31. The number of rotatable bonds is 2. The average Bonchev–Trinajstić information content (AvgIpc) is 2.63. The fraction of sp³-hybridized carbons (Fsp3) is 0.786. The van der Waals surface area contributed by atoms with Crippen molar-refractivity contribution in [3.8, 4) is 0 Å². The molecule has 1 unspecified atom stereocenters. The van der Waals surface area contributed by atoms with E-state index >= 15 is 0 Å². The van der Waals surface area contributed by atoms with Gasteiger partial charge in [0.25, 0.3) is 0 Å². The Hall–Kier alpha value is -0.410. The monoisotopic (exact) mass is 252 g/mol. The van der Waals surface area contributed by atoms with E-state index in [9.17, 15) is 0 Å². The van der Waals surface area contributed by atoms with Gasteiger partial charge in [0, 0.05) is 11.1 Å². The summed E-state index contributed by atoms with van der Waals surface area (Å²) in [5.41, 5.74) is 1.78. The molecule has 1 aliphatic carbocycles. The Bertz CT molecular complexity index is 383. The summed E-state index contributed by atoms with van der Waals surface area (Å²) in [6, 6.07) is 0. The molecule has 2 nitrogen and oxygen atoms in total.